The quantitative estimate of drug-likeness (QED) is 0.784. The summed E-state index contributed by atoms with van der Waals surface area (Å²) in [5.74, 6) is -0.700. The number of halogens is 1. The van der Waals surface area contributed by atoms with Gasteiger partial charge in [0.15, 0.2) is 11.6 Å². The predicted octanol–water partition coefficient (Wildman–Crippen LogP) is 3.01. The fourth-order valence-electron chi connectivity index (χ4n) is 2.84. The van der Waals surface area contributed by atoms with Crippen LogP contribution in [0.4, 0.5) is 4.39 Å². The molecule has 0 bridgehead atoms. The van der Waals surface area contributed by atoms with Crippen LogP contribution in [0.25, 0.3) is 0 Å². The highest BCUT2D eigenvalue weighted by Crippen LogP contribution is 2.37. The minimum atomic E-state index is -0.438. The molecular formula is C17H23FO4. The Kier molecular flexibility index (Phi) is 5.40. The molecule has 1 fully saturated rings. The van der Waals surface area contributed by atoms with Crippen LogP contribution in [0, 0.1) is 5.82 Å². The lowest BCUT2D eigenvalue weighted by molar-refractivity contribution is -0.142. The SMILES string of the molecule is CCOC(=O)Cc1cc(C2(C)CCOCC2)cc(F)c1OC. The molecule has 0 saturated carbocycles. The number of ether oxygens (including phenoxy) is 3. The fourth-order valence-corrected chi connectivity index (χ4v) is 2.84. The molecule has 0 aromatic heterocycles. The number of hydrogen-bond acceptors (Lipinski definition) is 4. The lowest BCUT2D eigenvalue weighted by Crippen LogP contribution is -2.31. The van der Waals surface area contributed by atoms with E-state index in [9.17, 15) is 9.18 Å². The van der Waals surface area contributed by atoms with Crippen molar-refractivity contribution < 1.29 is 23.4 Å². The molecule has 0 aliphatic carbocycles. The molecule has 0 radical (unpaired) electrons. The van der Waals surface area contributed by atoms with Gasteiger partial charge in [-0.15, -0.1) is 0 Å². The largest absolute Gasteiger partial charge is 0.493 e. The molecule has 0 spiro atoms. The van der Waals surface area contributed by atoms with E-state index in [1.165, 1.54) is 13.2 Å². The molecule has 2 rings (SSSR count). The van der Waals surface area contributed by atoms with Gasteiger partial charge in [0.1, 0.15) is 0 Å². The Labute approximate surface area is 130 Å². The first-order chi connectivity index (χ1) is 10.5. The first-order valence-corrected chi connectivity index (χ1v) is 7.60. The molecule has 122 valence electrons. The summed E-state index contributed by atoms with van der Waals surface area (Å²) in [5, 5.41) is 0. The third-order valence-electron chi connectivity index (χ3n) is 4.26. The van der Waals surface area contributed by atoms with Crippen molar-refractivity contribution in [3.8, 4) is 5.75 Å². The standard InChI is InChI=1S/C17H23FO4/c1-4-22-15(19)10-12-9-13(11-14(18)16(12)20-3)17(2)5-7-21-8-6-17/h9,11H,4-8,10H2,1-3H3. The van der Waals surface area contributed by atoms with E-state index in [0.29, 0.717) is 25.4 Å². The number of benzene rings is 1. The van der Waals surface area contributed by atoms with Crippen molar-refractivity contribution in [2.75, 3.05) is 26.9 Å². The minimum Gasteiger partial charge on any atom is -0.493 e. The average molecular weight is 310 g/mol. The zero-order valence-corrected chi connectivity index (χ0v) is 13.4. The van der Waals surface area contributed by atoms with E-state index in [4.69, 9.17) is 14.2 Å². The maximum absolute atomic E-state index is 14.4. The Bertz CT molecular complexity index is 536. The summed E-state index contributed by atoms with van der Waals surface area (Å²) in [6.07, 6.45) is 1.67. The van der Waals surface area contributed by atoms with Crippen LogP contribution < -0.4 is 4.74 Å². The zero-order chi connectivity index (χ0) is 16.2. The number of methoxy groups -OCH3 is 1. The van der Waals surface area contributed by atoms with E-state index in [1.54, 1.807) is 6.92 Å². The number of esters is 1. The Morgan fingerprint density at radius 3 is 2.64 bits per heavy atom. The fraction of sp³-hybridized carbons (Fsp3) is 0.588. The lowest BCUT2D eigenvalue weighted by Gasteiger charge is -2.34. The van der Waals surface area contributed by atoms with Gasteiger partial charge in [0.2, 0.25) is 0 Å². The molecule has 0 amide bonds. The van der Waals surface area contributed by atoms with E-state index in [1.807, 2.05) is 6.07 Å². The third kappa shape index (κ3) is 3.58. The Morgan fingerprint density at radius 2 is 2.05 bits per heavy atom. The van der Waals surface area contributed by atoms with E-state index in [-0.39, 0.29) is 23.6 Å². The highest BCUT2D eigenvalue weighted by molar-refractivity contribution is 5.73. The van der Waals surface area contributed by atoms with E-state index in [2.05, 4.69) is 6.92 Å². The van der Waals surface area contributed by atoms with Crippen molar-refractivity contribution >= 4 is 5.97 Å². The number of rotatable bonds is 5. The third-order valence-corrected chi connectivity index (χ3v) is 4.26. The Morgan fingerprint density at radius 1 is 1.36 bits per heavy atom. The van der Waals surface area contributed by atoms with Crippen LogP contribution in [-0.4, -0.2) is 32.9 Å². The molecule has 0 atom stereocenters. The van der Waals surface area contributed by atoms with Crippen LogP contribution in [0.2, 0.25) is 0 Å². The Balaban J connectivity index is 2.36. The summed E-state index contributed by atoms with van der Waals surface area (Å²) in [4.78, 5) is 11.7. The van der Waals surface area contributed by atoms with Crippen LogP contribution in [0.15, 0.2) is 12.1 Å². The van der Waals surface area contributed by atoms with Gasteiger partial charge in [-0.2, -0.15) is 0 Å². The van der Waals surface area contributed by atoms with E-state index >= 15 is 0 Å². The molecule has 1 aliphatic heterocycles. The Hall–Kier alpha value is -1.62. The van der Waals surface area contributed by atoms with Gasteiger partial charge in [0, 0.05) is 18.8 Å². The monoisotopic (exact) mass is 310 g/mol. The highest BCUT2D eigenvalue weighted by Gasteiger charge is 2.31. The second-order valence-electron chi connectivity index (χ2n) is 5.81. The zero-order valence-electron chi connectivity index (χ0n) is 13.4. The van der Waals surface area contributed by atoms with Gasteiger partial charge < -0.3 is 14.2 Å². The van der Waals surface area contributed by atoms with Crippen LogP contribution >= 0.6 is 0 Å². The van der Waals surface area contributed by atoms with Gasteiger partial charge in [0.05, 0.1) is 20.1 Å². The van der Waals surface area contributed by atoms with Crippen LogP contribution in [0.3, 0.4) is 0 Å². The topological polar surface area (TPSA) is 44.8 Å². The minimum absolute atomic E-state index is 0.00829. The maximum Gasteiger partial charge on any atom is 0.310 e. The first kappa shape index (κ1) is 16.7. The summed E-state index contributed by atoms with van der Waals surface area (Å²) >= 11 is 0. The van der Waals surface area contributed by atoms with Crippen LogP contribution in [0.5, 0.6) is 5.75 Å². The van der Waals surface area contributed by atoms with Gasteiger partial charge in [-0.05, 0) is 36.8 Å². The number of carbonyl (C=O) groups excluding carboxylic acids is 1. The molecule has 0 unspecified atom stereocenters. The molecule has 1 aliphatic rings. The average Bonchev–Trinajstić information content (AvgIpc) is 2.48. The van der Waals surface area contributed by atoms with Crippen molar-refractivity contribution in [2.45, 2.75) is 38.5 Å². The van der Waals surface area contributed by atoms with Gasteiger partial charge in [-0.1, -0.05) is 13.0 Å². The van der Waals surface area contributed by atoms with Gasteiger partial charge in [-0.25, -0.2) is 4.39 Å². The molecule has 1 saturated heterocycles. The first-order valence-electron chi connectivity index (χ1n) is 7.60. The molecule has 4 nitrogen and oxygen atoms in total. The van der Waals surface area contributed by atoms with Crippen molar-refractivity contribution in [1.82, 2.24) is 0 Å². The summed E-state index contributed by atoms with van der Waals surface area (Å²) in [6, 6.07) is 3.38. The summed E-state index contributed by atoms with van der Waals surface area (Å²) in [7, 11) is 1.41. The van der Waals surface area contributed by atoms with Crippen molar-refractivity contribution in [3.63, 3.8) is 0 Å². The summed E-state index contributed by atoms with van der Waals surface area (Å²) < 4.78 is 29.8. The van der Waals surface area contributed by atoms with Crippen molar-refractivity contribution in [3.05, 3.63) is 29.1 Å². The van der Waals surface area contributed by atoms with Crippen molar-refractivity contribution in [1.29, 1.82) is 0 Å². The molecule has 1 aromatic rings. The molecule has 1 aromatic carbocycles. The van der Waals surface area contributed by atoms with Gasteiger partial charge >= 0.3 is 5.97 Å². The van der Waals surface area contributed by atoms with Gasteiger partial charge in [0.25, 0.3) is 0 Å². The van der Waals surface area contributed by atoms with Gasteiger partial charge in [-0.3, -0.25) is 4.79 Å². The summed E-state index contributed by atoms with van der Waals surface area (Å²) in [6.45, 7) is 5.48. The van der Waals surface area contributed by atoms with Crippen molar-refractivity contribution in [2.24, 2.45) is 0 Å². The normalized spacial score (nSPS) is 17.1. The second-order valence-corrected chi connectivity index (χ2v) is 5.81. The molecule has 1 heterocycles. The summed E-state index contributed by atoms with van der Waals surface area (Å²) in [5.41, 5.74) is 1.27. The van der Waals surface area contributed by atoms with Crippen LogP contribution in [0.1, 0.15) is 37.8 Å². The molecular weight excluding hydrogens is 287 g/mol. The lowest BCUT2D eigenvalue weighted by atomic mass is 9.75. The number of hydrogen-bond donors (Lipinski definition) is 0. The van der Waals surface area contributed by atoms with E-state index < -0.39 is 5.82 Å². The van der Waals surface area contributed by atoms with E-state index in [0.717, 1.165) is 18.4 Å². The highest BCUT2D eigenvalue weighted by atomic mass is 19.1. The molecule has 22 heavy (non-hydrogen) atoms. The number of carbonyl (C=O) groups is 1. The second kappa shape index (κ2) is 7.09. The maximum atomic E-state index is 14.4. The molecule has 5 heteroatoms. The molecule has 0 N–H and O–H groups in total. The smallest absolute Gasteiger partial charge is 0.310 e. The van der Waals surface area contributed by atoms with Crippen LogP contribution in [-0.2, 0) is 26.1 Å². The predicted molar refractivity (Wildman–Crippen MR) is 80.7 cm³/mol.